The molecule has 3 rings (SSSR count). The molecule has 26 heavy (non-hydrogen) atoms. The summed E-state index contributed by atoms with van der Waals surface area (Å²) in [7, 11) is -1.07. The van der Waals surface area contributed by atoms with Crippen LogP contribution in [-0.4, -0.2) is 29.3 Å². The van der Waals surface area contributed by atoms with Crippen LogP contribution in [0.25, 0.3) is 0 Å². The number of aryl methyl sites for hydroxylation is 1. The molecule has 1 aliphatic heterocycles. The van der Waals surface area contributed by atoms with Gasteiger partial charge in [-0.3, -0.25) is 9.53 Å². The van der Waals surface area contributed by atoms with E-state index in [4.69, 9.17) is 16.3 Å². The lowest BCUT2D eigenvalue weighted by Crippen LogP contribution is -2.27. The molecule has 0 bridgehead atoms. The summed E-state index contributed by atoms with van der Waals surface area (Å²) >= 11 is 7.56. The monoisotopic (exact) mass is 412 g/mol. The Labute approximate surface area is 164 Å². The Bertz CT molecular complexity index is 838. The first-order valence-corrected chi connectivity index (χ1v) is 11.1. The number of ether oxygens (including phenoxy) is 1. The summed E-state index contributed by atoms with van der Waals surface area (Å²) in [6, 6.07) is 5.33. The number of rotatable bonds is 6. The SMILES string of the molecule is CCc1csc(NC(=O)OCCN2CS(=O)c3ccc(Cl)cc32)c1CC. The van der Waals surface area contributed by atoms with Gasteiger partial charge < -0.3 is 9.64 Å². The molecule has 2 aromatic rings. The summed E-state index contributed by atoms with van der Waals surface area (Å²) < 4.78 is 17.4. The van der Waals surface area contributed by atoms with Gasteiger partial charge in [0.05, 0.1) is 33.8 Å². The molecule has 0 radical (unpaired) electrons. The van der Waals surface area contributed by atoms with Gasteiger partial charge in [0.25, 0.3) is 0 Å². The largest absolute Gasteiger partial charge is 0.447 e. The summed E-state index contributed by atoms with van der Waals surface area (Å²) in [5, 5.41) is 6.37. The Morgan fingerprint density at radius 2 is 2.19 bits per heavy atom. The highest BCUT2D eigenvalue weighted by atomic mass is 35.5. The molecule has 8 heteroatoms. The highest BCUT2D eigenvalue weighted by Crippen LogP contribution is 2.33. The number of nitrogens with one attached hydrogen (secondary N) is 1. The van der Waals surface area contributed by atoms with Crippen molar-refractivity contribution in [3.05, 3.63) is 39.7 Å². The zero-order valence-corrected chi connectivity index (χ0v) is 17.1. The summed E-state index contributed by atoms with van der Waals surface area (Å²) in [6.07, 6.45) is 1.36. The maximum atomic E-state index is 12.1. The highest BCUT2D eigenvalue weighted by molar-refractivity contribution is 7.85. The van der Waals surface area contributed by atoms with Crippen LogP contribution in [0.2, 0.25) is 5.02 Å². The number of hydrogen-bond donors (Lipinski definition) is 1. The Morgan fingerprint density at radius 1 is 1.38 bits per heavy atom. The molecule has 0 fully saturated rings. The maximum absolute atomic E-state index is 12.1. The quantitative estimate of drug-likeness (QED) is 0.749. The zero-order valence-electron chi connectivity index (χ0n) is 14.7. The van der Waals surface area contributed by atoms with Crippen LogP contribution < -0.4 is 10.2 Å². The van der Waals surface area contributed by atoms with Crippen LogP contribution in [0, 0.1) is 0 Å². The molecule has 0 spiro atoms. The van der Waals surface area contributed by atoms with E-state index in [0.717, 1.165) is 28.4 Å². The molecule has 1 aliphatic rings. The van der Waals surface area contributed by atoms with Crippen molar-refractivity contribution >= 4 is 50.5 Å². The fraction of sp³-hybridized carbons (Fsp3) is 0.389. The van der Waals surface area contributed by atoms with Crippen molar-refractivity contribution in [2.24, 2.45) is 0 Å². The first-order valence-electron chi connectivity index (χ1n) is 8.49. The van der Waals surface area contributed by atoms with E-state index in [-0.39, 0.29) is 6.61 Å². The number of benzene rings is 1. The number of hydrogen-bond acceptors (Lipinski definition) is 5. The summed E-state index contributed by atoms with van der Waals surface area (Å²) in [4.78, 5) is 14.8. The fourth-order valence-electron chi connectivity index (χ4n) is 2.98. The summed E-state index contributed by atoms with van der Waals surface area (Å²) in [5.74, 6) is 0.394. The van der Waals surface area contributed by atoms with Crippen molar-refractivity contribution in [2.75, 3.05) is 29.2 Å². The number of nitrogens with zero attached hydrogens (tertiary/aromatic N) is 1. The van der Waals surface area contributed by atoms with E-state index in [1.807, 2.05) is 4.90 Å². The molecule has 1 aromatic carbocycles. The lowest BCUT2D eigenvalue weighted by atomic mass is 10.1. The van der Waals surface area contributed by atoms with E-state index < -0.39 is 16.9 Å². The van der Waals surface area contributed by atoms with E-state index in [1.165, 1.54) is 22.5 Å². The molecule has 1 amide bonds. The van der Waals surface area contributed by atoms with Crippen molar-refractivity contribution in [2.45, 2.75) is 31.6 Å². The number of anilines is 2. The van der Waals surface area contributed by atoms with Crippen molar-refractivity contribution in [3.63, 3.8) is 0 Å². The van der Waals surface area contributed by atoms with Crippen molar-refractivity contribution < 1.29 is 13.7 Å². The third kappa shape index (κ3) is 4.05. The Hall–Kier alpha value is -1.57. The lowest BCUT2D eigenvalue weighted by Gasteiger charge is -2.18. The highest BCUT2D eigenvalue weighted by Gasteiger charge is 2.25. The number of thiophene rings is 1. The smallest absolute Gasteiger partial charge is 0.412 e. The lowest BCUT2D eigenvalue weighted by molar-refractivity contribution is 0.164. The molecule has 5 nitrogen and oxygen atoms in total. The number of fused-ring (bicyclic) bond motifs is 1. The second-order valence-electron chi connectivity index (χ2n) is 5.89. The molecular weight excluding hydrogens is 392 g/mol. The van der Waals surface area contributed by atoms with Crippen molar-refractivity contribution in [1.29, 1.82) is 0 Å². The van der Waals surface area contributed by atoms with E-state index >= 15 is 0 Å². The minimum Gasteiger partial charge on any atom is -0.447 e. The number of halogens is 1. The van der Waals surface area contributed by atoms with Gasteiger partial charge in [-0.15, -0.1) is 11.3 Å². The predicted octanol–water partition coefficient (Wildman–Crippen LogP) is 4.66. The Morgan fingerprint density at radius 3 is 2.92 bits per heavy atom. The van der Waals surface area contributed by atoms with Gasteiger partial charge in [-0.25, -0.2) is 4.79 Å². The third-order valence-corrected chi connectivity index (χ3v) is 6.91. The van der Waals surface area contributed by atoms with E-state index in [9.17, 15) is 9.00 Å². The minimum atomic E-state index is -1.07. The summed E-state index contributed by atoms with van der Waals surface area (Å²) in [5.41, 5.74) is 3.28. The minimum absolute atomic E-state index is 0.211. The van der Waals surface area contributed by atoms with Crippen LogP contribution >= 0.6 is 22.9 Å². The molecule has 1 unspecified atom stereocenters. The van der Waals surface area contributed by atoms with Gasteiger partial charge >= 0.3 is 6.09 Å². The first-order chi connectivity index (χ1) is 12.5. The summed E-state index contributed by atoms with van der Waals surface area (Å²) in [6.45, 7) is 4.86. The van der Waals surface area contributed by atoms with E-state index in [0.29, 0.717) is 17.4 Å². The molecule has 0 aliphatic carbocycles. The van der Waals surface area contributed by atoms with Gasteiger partial charge in [-0.2, -0.15) is 0 Å². The molecular formula is C18H21ClN2O3S2. The van der Waals surface area contributed by atoms with E-state index in [1.54, 1.807) is 18.2 Å². The Balaban J connectivity index is 1.55. The molecule has 0 saturated carbocycles. The van der Waals surface area contributed by atoms with Gasteiger partial charge in [-0.05, 0) is 47.5 Å². The molecule has 0 saturated heterocycles. The molecule has 2 heterocycles. The van der Waals surface area contributed by atoms with Crippen LogP contribution in [0.3, 0.4) is 0 Å². The van der Waals surface area contributed by atoms with Crippen molar-refractivity contribution in [1.82, 2.24) is 0 Å². The molecule has 140 valence electrons. The van der Waals surface area contributed by atoms with Crippen LogP contribution in [0.1, 0.15) is 25.0 Å². The number of carbonyl (C=O) groups is 1. The average Bonchev–Trinajstić information content (AvgIpc) is 3.15. The second-order valence-corrected chi connectivity index (χ2v) is 8.59. The Kier molecular flexibility index (Phi) is 6.21. The van der Waals surface area contributed by atoms with Crippen LogP contribution in [-0.2, 0) is 28.4 Å². The molecule has 1 N–H and O–H groups in total. The van der Waals surface area contributed by atoms with Crippen LogP contribution in [0.5, 0.6) is 0 Å². The number of carbonyl (C=O) groups excluding carboxylic acids is 1. The van der Waals surface area contributed by atoms with Crippen LogP contribution in [0.4, 0.5) is 15.5 Å². The number of amides is 1. The van der Waals surface area contributed by atoms with Gasteiger partial charge in [0.1, 0.15) is 11.6 Å². The van der Waals surface area contributed by atoms with Crippen LogP contribution in [0.15, 0.2) is 28.5 Å². The van der Waals surface area contributed by atoms with Gasteiger partial charge in [0.2, 0.25) is 0 Å². The average molecular weight is 413 g/mol. The first kappa shape index (κ1) is 19.2. The zero-order chi connectivity index (χ0) is 18.7. The molecule has 1 aromatic heterocycles. The predicted molar refractivity (Wildman–Crippen MR) is 108 cm³/mol. The standard InChI is InChI=1S/C18H21ClN2O3S2/c1-3-12-10-25-17(14(12)4-2)20-18(22)24-8-7-21-11-26(23)16-6-5-13(19)9-15(16)21/h5-6,9-10H,3-4,7-8,11H2,1-2H3,(H,20,22). The fourth-order valence-corrected chi connectivity index (χ4v) is 5.61. The van der Waals surface area contributed by atoms with E-state index in [2.05, 4.69) is 24.5 Å². The second kappa shape index (κ2) is 8.41. The maximum Gasteiger partial charge on any atom is 0.412 e. The van der Waals surface area contributed by atoms with Gasteiger partial charge in [0, 0.05) is 5.02 Å². The topological polar surface area (TPSA) is 58.6 Å². The molecule has 1 atom stereocenters. The van der Waals surface area contributed by atoms with Gasteiger partial charge in [0.15, 0.2) is 0 Å². The third-order valence-electron chi connectivity index (χ3n) is 4.31. The normalized spacial score (nSPS) is 15.8. The van der Waals surface area contributed by atoms with Crippen molar-refractivity contribution in [3.8, 4) is 0 Å². The van der Waals surface area contributed by atoms with Gasteiger partial charge in [-0.1, -0.05) is 25.4 Å².